The van der Waals surface area contributed by atoms with Gasteiger partial charge in [0, 0.05) is 12.1 Å². The van der Waals surface area contributed by atoms with E-state index in [1.807, 2.05) is 6.92 Å². The van der Waals surface area contributed by atoms with E-state index < -0.39 is 18.3 Å². The van der Waals surface area contributed by atoms with Crippen LogP contribution >= 0.6 is 0 Å². The molecule has 2 unspecified atom stereocenters. The number of nitrogens with one attached hydrogen (secondary N) is 1. The number of hydrogen-bond donors (Lipinski definition) is 1. The maximum atomic E-state index is 12.6. The van der Waals surface area contributed by atoms with E-state index in [0.717, 1.165) is 6.42 Å². The van der Waals surface area contributed by atoms with Crippen molar-refractivity contribution < 1.29 is 13.2 Å². The Balaban J connectivity index is 4.82. The average Bonchev–Trinajstić information content (AvgIpc) is 2.32. The number of nitriles is 1. The minimum atomic E-state index is -4.22. The molecule has 0 aromatic heterocycles. The lowest BCUT2D eigenvalue weighted by Gasteiger charge is -2.37. The quantitative estimate of drug-likeness (QED) is 0.746. The summed E-state index contributed by atoms with van der Waals surface area (Å²) in [5.74, 6) is 0. The molecule has 118 valence electrons. The minimum Gasteiger partial charge on any atom is -0.300 e. The van der Waals surface area contributed by atoms with Gasteiger partial charge in [0.25, 0.3) is 0 Å². The van der Waals surface area contributed by atoms with E-state index in [1.165, 1.54) is 4.90 Å². The summed E-state index contributed by atoms with van der Waals surface area (Å²) in [5, 5.41) is 12.4. The van der Waals surface area contributed by atoms with Gasteiger partial charge in [0.05, 0.1) is 12.6 Å². The molecule has 2 atom stereocenters. The SMILES string of the molecule is CCCNC(C)(C#N)CC(C)N(CC(F)(F)F)C(C)C. The van der Waals surface area contributed by atoms with Crippen molar-refractivity contribution in [2.75, 3.05) is 13.1 Å². The zero-order chi connectivity index (χ0) is 16.0. The van der Waals surface area contributed by atoms with Gasteiger partial charge >= 0.3 is 6.18 Å². The van der Waals surface area contributed by atoms with Crippen LogP contribution < -0.4 is 5.32 Å². The van der Waals surface area contributed by atoms with Crippen LogP contribution in [-0.2, 0) is 0 Å². The molecule has 6 heteroatoms. The summed E-state index contributed by atoms with van der Waals surface area (Å²) in [5.41, 5.74) is -0.797. The lowest BCUT2D eigenvalue weighted by Crippen LogP contribution is -2.51. The Bertz CT molecular complexity index is 323. The smallest absolute Gasteiger partial charge is 0.300 e. The van der Waals surface area contributed by atoms with Crippen molar-refractivity contribution in [1.29, 1.82) is 5.26 Å². The van der Waals surface area contributed by atoms with Crippen LogP contribution in [0.2, 0.25) is 0 Å². The van der Waals surface area contributed by atoms with Gasteiger partial charge in [-0.25, -0.2) is 0 Å². The fourth-order valence-corrected chi connectivity index (χ4v) is 2.32. The Hall–Kier alpha value is -0.800. The van der Waals surface area contributed by atoms with Crippen molar-refractivity contribution in [3.8, 4) is 6.07 Å². The molecule has 0 aliphatic rings. The monoisotopic (exact) mass is 293 g/mol. The lowest BCUT2D eigenvalue weighted by molar-refractivity contribution is -0.155. The van der Waals surface area contributed by atoms with Gasteiger partial charge in [-0.05, 0) is 47.1 Å². The Morgan fingerprint density at radius 2 is 1.80 bits per heavy atom. The molecule has 0 amide bonds. The fraction of sp³-hybridized carbons (Fsp3) is 0.929. The van der Waals surface area contributed by atoms with Crippen LogP contribution in [0.15, 0.2) is 0 Å². The molecule has 0 radical (unpaired) electrons. The second-order valence-electron chi connectivity index (χ2n) is 5.81. The van der Waals surface area contributed by atoms with Gasteiger partial charge < -0.3 is 0 Å². The van der Waals surface area contributed by atoms with E-state index >= 15 is 0 Å². The van der Waals surface area contributed by atoms with Crippen molar-refractivity contribution >= 4 is 0 Å². The van der Waals surface area contributed by atoms with Crippen molar-refractivity contribution in [1.82, 2.24) is 10.2 Å². The zero-order valence-corrected chi connectivity index (χ0v) is 13.0. The van der Waals surface area contributed by atoms with Gasteiger partial charge in [-0.2, -0.15) is 18.4 Å². The Labute approximate surface area is 120 Å². The molecule has 0 fully saturated rings. The molecular formula is C14H26F3N3. The van der Waals surface area contributed by atoms with Crippen molar-refractivity contribution in [2.24, 2.45) is 0 Å². The van der Waals surface area contributed by atoms with Crippen LogP contribution in [0.1, 0.15) is 47.5 Å². The first kappa shape index (κ1) is 19.2. The second-order valence-corrected chi connectivity index (χ2v) is 5.81. The first-order valence-corrected chi connectivity index (χ1v) is 7.03. The third-order valence-corrected chi connectivity index (χ3v) is 3.31. The zero-order valence-electron chi connectivity index (χ0n) is 13.0. The predicted molar refractivity (Wildman–Crippen MR) is 74.3 cm³/mol. The Morgan fingerprint density at radius 1 is 1.25 bits per heavy atom. The van der Waals surface area contributed by atoms with Crippen LogP contribution in [0.25, 0.3) is 0 Å². The van der Waals surface area contributed by atoms with Crippen LogP contribution in [0.3, 0.4) is 0 Å². The van der Waals surface area contributed by atoms with Crippen molar-refractivity contribution in [2.45, 2.75) is 71.3 Å². The van der Waals surface area contributed by atoms with Crippen molar-refractivity contribution in [3.05, 3.63) is 0 Å². The maximum absolute atomic E-state index is 12.6. The van der Waals surface area contributed by atoms with Crippen LogP contribution in [0, 0.1) is 11.3 Å². The van der Waals surface area contributed by atoms with E-state index in [1.54, 1.807) is 27.7 Å². The van der Waals surface area contributed by atoms with Crippen LogP contribution in [-0.4, -0.2) is 41.8 Å². The number of alkyl halides is 3. The molecule has 20 heavy (non-hydrogen) atoms. The molecule has 0 aromatic carbocycles. The maximum Gasteiger partial charge on any atom is 0.401 e. The van der Waals surface area contributed by atoms with Gasteiger partial charge in [-0.15, -0.1) is 0 Å². The summed E-state index contributed by atoms with van der Waals surface area (Å²) >= 11 is 0. The fourth-order valence-electron chi connectivity index (χ4n) is 2.32. The summed E-state index contributed by atoms with van der Waals surface area (Å²) in [4.78, 5) is 1.39. The molecule has 0 aliphatic carbocycles. The third kappa shape index (κ3) is 7.11. The van der Waals surface area contributed by atoms with Crippen LogP contribution in [0.4, 0.5) is 13.2 Å². The molecule has 0 aliphatic heterocycles. The molecule has 0 heterocycles. The number of nitrogens with zero attached hydrogens (tertiary/aromatic N) is 2. The Morgan fingerprint density at radius 3 is 2.15 bits per heavy atom. The number of rotatable bonds is 8. The standard InChI is InChI=1S/C14H26F3N3/c1-6-7-19-13(5,9-18)8-12(4)20(11(2)3)10-14(15,16)17/h11-12,19H,6-8,10H2,1-5H3. The second kappa shape index (κ2) is 7.84. The molecule has 0 rings (SSSR count). The minimum absolute atomic E-state index is 0.222. The van der Waals surface area contributed by atoms with Gasteiger partial charge in [-0.3, -0.25) is 10.2 Å². The molecule has 0 spiro atoms. The summed E-state index contributed by atoms with van der Waals surface area (Å²) in [7, 11) is 0. The first-order chi connectivity index (χ1) is 9.04. The number of halogens is 3. The lowest BCUT2D eigenvalue weighted by atomic mass is 9.93. The molecule has 0 saturated heterocycles. The normalized spacial score (nSPS) is 17.1. The topological polar surface area (TPSA) is 39.1 Å². The van der Waals surface area contributed by atoms with Gasteiger partial charge in [0.1, 0.15) is 5.54 Å². The van der Waals surface area contributed by atoms with E-state index in [0.29, 0.717) is 13.0 Å². The number of hydrogen-bond acceptors (Lipinski definition) is 3. The highest BCUT2D eigenvalue weighted by molar-refractivity contribution is 5.05. The summed E-state index contributed by atoms with van der Waals surface area (Å²) < 4.78 is 37.9. The molecule has 1 N–H and O–H groups in total. The molecule has 0 saturated carbocycles. The summed E-state index contributed by atoms with van der Waals surface area (Å²) in [6.07, 6.45) is -2.99. The highest BCUT2D eigenvalue weighted by Crippen LogP contribution is 2.23. The summed E-state index contributed by atoms with van der Waals surface area (Å²) in [6.45, 7) is 8.69. The molecule has 0 aromatic rings. The molecule has 3 nitrogen and oxygen atoms in total. The van der Waals surface area contributed by atoms with E-state index in [2.05, 4.69) is 11.4 Å². The van der Waals surface area contributed by atoms with Gasteiger partial charge in [0.2, 0.25) is 0 Å². The van der Waals surface area contributed by atoms with E-state index in [4.69, 9.17) is 0 Å². The van der Waals surface area contributed by atoms with Gasteiger partial charge in [0.15, 0.2) is 0 Å². The Kier molecular flexibility index (Phi) is 7.53. The molecule has 0 bridgehead atoms. The first-order valence-electron chi connectivity index (χ1n) is 7.03. The predicted octanol–water partition coefficient (Wildman–Crippen LogP) is 3.32. The van der Waals surface area contributed by atoms with Gasteiger partial charge in [-0.1, -0.05) is 6.92 Å². The van der Waals surface area contributed by atoms with Crippen LogP contribution in [0.5, 0.6) is 0 Å². The highest BCUT2D eigenvalue weighted by atomic mass is 19.4. The third-order valence-electron chi connectivity index (χ3n) is 3.31. The highest BCUT2D eigenvalue weighted by Gasteiger charge is 2.36. The molecular weight excluding hydrogens is 267 g/mol. The largest absolute Gasteiger partial charge is 0.401 e. The summed E-state index contributed by atoms with van der Waals surface area (Å²) in [6, 6.07) is 1.63. The van der Waals surface area contributed by atoms with Crippen molar-refractivity contribution in [3.63, 3.8) is 0 Å². The van der Waals surface area contributed by atoms with E-state index in [9.17, 15) is 18.4 Å². The average molecular weight is 293 g/mol. The van der Waals surface area contributed by atoms with E-state index in [-0.39, 0.29) is 12.1 Å².